The van der Waals surface area contributed by atoms with Gasteiger partial charge in [-0.15, -0.1) is 0 Å². The lowest BCUT2D eigenvalue weighted by Gasteiger charge is -2.25. The van der Waals surface area contributed by atoms with E-state index in [1.807, 2.05) is 0 Å². The first-order valence-corrected chi connectivity index (χ1v) is 7.76. The molecule has 2 rings (SSSR count). The molecule has 1 aliphatic rings. The maximum atomic E-state index is 12.1. The summed E-state index contributed by atoms with van der Waals surface area (Å²) in [4.78, 5) is 16.2. The van der Waals surface area contributed by atoms with E-state index >= 15 is 0 Å². The molecule has 1 heterocycles. The number of nitrogens with one attached hydrogen (secondary N) is 2. The Kier molecular flexibility index (Phi) is 5.65. The van der Waals surface area contributed by atoms with E-state index in [1.165, 1.54) is 19.3 Å². The molecule has 0 unspecified atom stereocenters. The second kappa shape index (κ2) is 7.48. The van der Waals surface area contributed by atoms with Crippen LogP contribution < -0.4 is 10.6 Å². The van der Waals surface area contributed by atoms with Crippen molar-refractivity contribution in [1.82, 2.24) is 10.3 Å². The van der Waals surface area contributed by atoms with E-state index in [9.17, 15) is 4.79 Å². The Balaban J connectivity index is 1.88. The zero-order valence-electron chi connectivity index (χ0n) is 11.9. The molecule has 2 N–H and O–H groups in total. The van der Waals surface area contributed by atoms with Gasteiger partial charge >= 0.3 is 0 Å². The van der Waals surface area contributed by atoms with Crippen LogP contribution in [0, 0.1) is 5.92 Å². The van der Waals surface area contributed by atoms with Crippen molar-refractivity contribution >= 4 is 23.3 Å². The van der Waals surface area contributed by atoms with Crippen LogP contribution in [0.4, 0.5) is 5.82 Å². The average molecular weight is 296 g/mol. The lowest BCUT2D eigenvalue weighted by atomic mass is 9.83. The summed E-state index contributed by atoms with van der Waals surface area (Å²) < 4.78 is 0. The minimum Gasteiger partial charge on any atom is -0.370 e. The summed E-state index contributed by atoms with van der Waals surface area (Å²) in [5.41, 5.74) is 0.567. The molecule has 0 bridgehead atoms. The van der Waals surface area contributed by atoms with Gasteiger partial charge < -0.3 is 10.6 Å². The van der Waals surface area contributed by atoms with Gasteiger partial charge in [-0.25, -0.2) is 4.98 Å². The molecular weight excluding hydrogens is 274 g/mol. The van der Waals surface area contributed by atoms with Gasteiger partial charge in [0.25, 0.3) is 5.91 Å². The van der Waals surface area contributed by atoms with Gasteiger partial charge in [0.15, 0.2) is 0 Å². The fraction of sp³-hybridized carbons (Fsp3) is 0.600. The summed E-state index contributed by atoms with van der Waals surface area (Å²) in [6.07, 6.45) is 6.03. The number of halogens is 1. The van der Waals surface area contributed by atoms with Gasteiger partial charge in [-0.1, -0.05) is 37.8 Å². The largest absolute Gasteiger partial charge is 0.370 e. The van der Waals surface area contributed by atoms with E-state index in [2.05, 4.69) is 22.5 Å². The molecule has 1 fully saturated rings. The van der Waals surface area contributed by atoms with Crippen molar-refractivity contribution in [1.29, 1.82) is 0 Å². The second-order valence-corrected chi connectivity index (χ2v) is 5.72. The Morgan fingerprint density at radius 3 is 2.85 bits per heavy atom. The molecule has 0 atom stereocenters. The summed E-state index contributed by atoms with van der Waals surface area (Å²) in [6.45, 7) is 3.63. The minimum atomic E-state index is -0.0758. The third-order valence-corrected chi connectivity index (χ3v) is 3.87. The lowest BCUT2D eigenvalue weighted by Crippen LogP contribution is -2.27. The van der Waals surface area contributed by atoms with Gasteiger partial charge in [0.2, 0.25) is 0 Å². The summed E-state index contributed by atoms with van der Waals surface area (Å²) in [7, 11) is 0. The Hall–Kier alpha value is -1.29. The molecule has 20 heavy (non-hydrogen) atoms. The number of aromatic nitrogens is 1. The number of rotatable bonds is 7. The normalized spacial score (nSPS) is 14.7. The second-order valence-electron chi connectivity index (χ2n) is 5.33. The number of nitrogens with zero attached hydrogens (tertiary/aromatic N) is 1. The number of amides is 1. The molecule has 5 heteroatoms. The van der Waals surface area contributed by atoms with Gasteiger partial charge in [0, 0.05) is 18.7 Å². The number of hydrogen-bond donors (Lipinski definition) is 2. The van der Waals surface area contributed by atoms with E-state index in [0.29, 0.717) is 16.5 Å². The molecule has 1 aromatic rings. The zero-order valence-corrected chi connectivity index (χ0v) is 12.7. The fourth-order valence-corrected chi connectivity index (χ4v) is 2.45. The van der Waals surface area contributed by atoms with Crippen LogP contribution in [0.1, 0.15) is 49.4 Å². The Labute approximate surface area is 125 Å². The van der Waals surface area contributed by atoms with Crippen LogP contribution in [-0.4, -0.2) is 24.0 Å². The standard InChI is InChI=1S/C15H22ClN3O/c1-2-7-17-14-10-12(9-13(16)19-14)15(20)18-8-6-11-4-3-5-11/h9-11H,2-8H2,1H3,(H,17,19)(H,18,20). The maximum Gasteiger partial charge on any atom is 0.251 e. The molecule has 0 saturated heterocycles. The van der Waals surface area contributed by atoms with Crippen molar-refractivity contribution in [2.45, 2.75) is 39.0 Å². The van der Waals surface area contributed by atoms with Gasteiger partial charge in [-0.3, -0.25) is 4.79 Å². The molecule has 0 radical (unpaired) electrons. The number of anilines is 1. The summed E-state index contributed by atoms with van der Waals surface area (Å²) in [5.74, 6) is 1.38. The Bertz CT molecular complexity index is 460. The fourth-order valence-electron chi connectivity index (χ4n) is 2.24. The third kappa shape index (κ3) is 4.37. The van der Waals surface area contributed by atoms with Crippen LogP contribution in [0.5, 0.6) is 0 Å². The number of carbonyl (C=O) groups is 1. The first-order chi connectivity index (χ1) is 9.69. The van der Waals surface area contributed by atoms with Crippen molar-refractivity contribution < 1.29 is 4.79 Å². The molecule has 0 aliphatic heterocycles. The van der Waals surface area contributed by atoms with Crippen molar-refractivity contribution in [2.75, 3.05) is 18.4 Å². The van der Waals surface area contributed by atoms with Crippen molar-refractivity contribution in [2.24, 2.45) is 5.92 Å². The highest BCUT2D eigenvalue weighted by molar-refractivity contribution is 6.29. The van der Waals surface area contributed by atoms with Crippen LogP contribution in [0.2, 0.25) is 5.15 Å². The molecule has 4 nitrogen and oxygen atoms in total. The highest BCUT2D eigenvalue weighted by Gasteiger charge is 2.17. The summed E-state index contributed by atoms with van der Waals surface area (Å²) in [5, 5.41) is 6.45. The molecular formula is C15H22ClN3O. The molecule has 1 amide bonds. The predicted molar refractivity (Wildman–Crippen MR) is 82.3 cm³/mol. The highest BCUT2D eigenvalue weighted by atomic mass is 35.5. The van der Waals surface area contributed by atoms with Gasteiger partial charge in [-0.05, 0) is 30.9 Å². The summed E-state index contributed by atoms with van der Waals surface area (Å²) >= 11 is 5.96. The number of carbonyl (C=O) groups excluding carboxylic acids is 1. The highest BCUT2D eigenvalue weighted by Crippen LogP contribution is 2.28. The average Bonchev–Trinajstić information content (AvgIpc) is 2.38. The maximum absolute atomic E-state index is 12.1. The van der Waals surface area contributed by atoms with Crippen molar-refractivity contribution in [3.63, 3.8) is 0 Å². The van der Waals surface area contributed by atoms with E-state index in [4.69, 9.17) is 11.6 Å². The molecule has 0 aromatic carbocycles. The first-order valence-electron chi connectivity index (χ1n) is 7.38. The smallest absolute Gasteiger partial charge is 0.251 e. The van der Waals surface area contributed by atoms with Crippen molar-refractivity contribution in [3.8, 4) is 0 Å². The molecule has 110 valence electrons. The summed E-state index contributed by atoms with van der Waals surface area (Å²) in [6, 6.07) is 3.36. The Morgan fingerprint density at radius 1 is 1.40 bits per heavy atom. The predicted octanol–water partition coefficient (Wildman–Crippen LogP) is 3.48. The molecule has 1 aliphatic carbocycles. The quantitative estimate of drug-likeness (QED) is 0.757. The topological polar surface area (TPSA) is 54.0 Å². The zero-order chi connectivity index (χ0) is 14.4. The lowest BCUT2D eigenvalue weighted by molar-refractivity contribution is 0.0949. The molecule has 0 spiro atoms. The Morgan fingerprint density at radius 2 is 2.20 bits per heavy atom. The number of pyridine rings is 1. The van der Waals surface area contributed by atoms with Gasteiger partial charge in [0.1, 0.15) is 11.0 Å². The third-order valence-electron chi connectivity index (χ3n) is 3.68. The van der Waals surface area contributed by atoms with Gasteiger partial charge in [-0.2, -0.15) is 0 Å². The van der Waals surface area contributed by atoms with E-state index < -0.39 is 0 Å². The van der Waals surface area contributed by atoms with Crippen LogP contribution in [0.15, 0.2) is 12.1 Å². The van der Waals surface area contributed by atoms with Gasteiger partial charge in [0.05, 0.1) is 0 Å². The molecule has 1 aromatic heterocycles. The van der Waals surface area contributed by atoms with Crippen LogP contribution in [-0.2, 0) is 0 Å². The van der Waals surface area contributed by atoms with Crippen LogP contribution in [0.3, 0.4) is 0 Å². The van der Waals surface area contributed by atoms with E-state index in [0.717, 1.165) is 31.8 Å². The number of hydrogen-bond acceptors (Lipinski definition) is 3. The van der Waals surface area contributed by atoms with Crippen LogP contribution >= 0.6 is 11.6 Å². The first kappa shape index (κ1) is 15.1. The monoisotopic (exact) mass is 295 g/mol. The van der Waals surface area contributed by atoms with Crippen molar-refractivity contribution in [3.05, 3.63) is 22.8 Å². The molecule has 1 saturated carbocycles. The van der Waals surface area contributed by atoms with E-state index in [1.54, 1.807) is 12.1 Å². The van der Waals surface area contributed by atoms with Crippen LogP contribution in [0.25, 0.3) is 0 Å². The van der Waals surface area contributed by atoms with E-state index in [-0.39, 0.29) is 5.91 Å². The minimum absolute atomic E-state index is 0.0758. The SMILES string of the molecule is CCCNc1cc(C(=O)NCCC2CCC2)cc(Cl)n1.